The van der Waals surface area contributed by atoms with Gasteiger partial charge in [-0.15, -0.1) is 0 Å². The number of carbonyl (C=O) groups excluding carboxylic acids is 1. The molecule has 0 spiro atoms. The van der Waals surface area contributed by atoms with Crippen molar-refractivity contribution in [2.24, 2.45) is 0 Å². The second-order valence-corrected chi connectivity index (χ2v) is 4.91. The second kappa shape index (κ2) is 5.03. The van der Waals surface area contributed by atoms with Crippen molar-refractivity contribution in [2.75, 3.05) is 13.1 Å². The maximum atomic E-state index is 12.4. The van der Waals surface area contributed by atoms with Crippen molar-refractivity contribution in [3.8, 4) is 0 Å². The van der Waals surface area contributed by atoms with Crippen LogP contribution in [0.15, 0.2) is 42.2 Å². The SMILES string of the molecule is CC1=CN2NNCC2C(=O)N1CCc1ccccc1. The molecule has 2 aliphatic rings. The highest BCUT2D eigenvalue weighted by Crippen LogP contribution is 2.19. The number of carbonyl (C=O) groups is 1. The van der Waals surface area contributed by atoms with E-state index in [1.165, 1.54) is 5.56 Å². The average Bonchev–Trinajstić information content (AvgIpc) is 2.88. The van der Waals surface area contributed by atoms with Crippen molar-refractivity contribution in [1.29, 1.82) is 0 Å². The van der Waals surface area contributed by atoms with Crippen molar-refractivity contribution in [3.05, 3.63) is 47.8 Å². The highest BCUT2D eigenvalue weighted by atomic mass is 16.2. The Morgan fingerprint density at radius 2 is 2.11 bits per heavy atom. The van der Waals surface area contributed by atoms with Crippen molar-refractivity contribution in [1.82, 2.24) is 20.9 Å². The summed E-state index contributed by atoms with van der Waals surface area (Å²) in [7, 11) is 0. The lowest BCUT2D eigenvalue weighted by Crippen LogP contribution is -2.51. The molecule has 3 rings (SSSR count). The smallest absolute Gasteiger partial charge is 0.252 e. The minimum atomic E-state index is -0.125. The molecule has 5 heteroatoms. The number of amides is 1. The number of nitrogens with zero attached hydrogens (tertiary/aromatic N) is 2. The van der Waals surface area contributed by atoms with Gasteiger partial charge >= 0.3 is 0 Å². The molecule has 1 saturated heterocycles. The molecule has 0 bridgehead atoms. The summed E-state index contributed by atoms with van der Waals surface area (Å²) in [6.07, 6.45) is 2.86. The number of allylic oxidation sites excluding steroid dienone is 1. The summed E-state index contributed by atoms with van der Waals surface area (Å²) < 4.78 is 0. The van der Waals surface area contributed by atoms with Crippen LogP contribution in [0.25, 0.3) is 0 Å². The summed E-state index contributed by atoms with van der Waals surface area (Å²) in [4.78, 5) is 14.3. The van der Waals surface area contributed by atoms with E-state index in [2.05, 4.69) is 23.1 Å². The average molecular weight is 258 g/mol. The Hall–Kier alpha value is -1.85. The molecule has 2 N–H and O–H groups in total. The maximum Gasteiger partial charge on any atom is 0.252 e. The molecule has 2 aliphatic heterocycles. The van der Waals surface area contributed by atoms with Crippen molar-refractivity contribution < 1.29 is 4.79 Å². The first-order chi connectivity index (χ1) is 9.25. The quantitative estimate of drug-likeness (QED) is 0.834. The fourth-order valence-electron chi connectivity index (χ4n) is 2.54. The Labute approximate surface area is 112 Å². The molecule has 0 saturated carbocycles. The molecular formula is C14H18N4O. The summed E-state index contributed by atoms with van der Waals surface area (Å²) in [5, 5.41) is 1.84. The lowest BCUT2D eigenvalue weighted by molar-refractivity contribution is -0.134. The monoisotopic (exact) mass is 258 g/mol. The summed E-state index contributed by atoms with van der Waals surface area (Å²) in [5.41, 5.74) is 8.20. The first kappa shape index (κ1) is 12.2. The number of hydrogen-bond donors (Lipinski definition) is 2. The third kappa shape index (κ3) is 2.34. The Bertz CT molecular complexity index is 499. The molecule has 1 aromatic rings. The minimum Gasteiger partial charge on any atom is -0.313 e. The summed E-state index contributed by atoms with van der Waals surface area (Å²) >= 11 is 0. The van der Waals surface area contributed by atoms with Gasteiger partial charge < -0.3 is 4.90 Å². The van der Waals surface area contributed by atoms with E-state index in [1.54, 1.807) is 0 Å². The molecule has 0 radical (unpaired) electrons. The molecule has 19 heavy (non-hydrogen) atoms. The van der Waals surface area contributed by atoms with Gasteiger partial charge in [0.15, 0.2) is 0 Å². The fraction of sp³-hybridized carbons (Fsp3) is 0.357. The van der Waals surface area contributed by atoms with Crippen LogP contribution in [0.5, 0.6) is 0 Å². The highest BCUT2D eigenvalue weighted by molar-refractivity contribution is 5.85. The largest absolute Gasteiger partial charge is 0.313 e. The van der Waals surface area contributed by atoms with Crippen LogP contribution in [-0.2, 0) is 11.2 Å². The molecule has 0 aliphatic carbocycles. The Kier molecular flexibility index (Phi) is 3.23. The Morgan fingerprint density at radius 1 is 1.32 bits per heavy atom. The molecule has 2 heterocycles. The first-order valence-corrected chi connectivity index (χ1v) is 6.56. The predicted molar refractivity (Wildman–Crippen MR) is 72.4 cm³/mol. The molecule has 1 atom stereocenters. The highest BCUT2D eigenvalue weighted by Gasteiger charge is 2.36. The normalized spacial score (nSPS) is 22.5. The zero-order valence-corrected chi connectivity index (χ0v) is 11.0. The van der Waals surface area contributed by atoms with E-state index in [1.807, 2.05) is 41.2 Å². The van der Waals surface area contributed by atoms with Gasteiger partial charge in [0.05, 0.1) is 0 Å². The third-order valence-electron chi connectivity index (χ3n) is 3.61. The number of nitrogens with one attached hydrogen (secondary N) is 2. The summed E-state index contributed by atoms with van der Waals surface area (Å²) in [5.74, 6) is 0.161. The first-order valence-electron chi connectivity index (χ1n) is 6.56. The van der Waals surface area contributed by atoms with E-state index in [0.29, 0.717) is 6.54 Å². The predicted octanol–water partition coefficient (Wildman–Crippen LogP) is 0.626. The zero-order chi connectivity index (χ0) is 13.2. The fourth-order valence-corrected chi connectivity index (χ4v) is 2.54. The zero-order valence-electron chi connectivity index (χ0n) is 11.0. The number of fused-ring (bicyclic) bond motifs is 1. The van der Waals surface area contributed by atoms with Crippen LogP contribution in [0.3, 0.4) is 0 Å². The van der Waals surface area contributed by atoms with Crippen LogP contribution in [0.2, 0.25) is 0 Å². The van der Waals surface area contributed by atoms with Gasteiger partial charge in [0.25, 0.3) is 5.91 Å². The van der Waals surface area contributed by atoms with Gasteiger partial charge in [-0.1, -0.05) is 30.3 Å². The van der Waals surface area contributed by atoms with Gasteiger partial charge in [0.1, 0.15) is 6.04 Å². The number of benzene rings is 1. The van der Waals surface area contributed by atoms with E-state index in [0.717, 1.165) is 18.7 Å². The van der Waals surface area contributed by atoms with Crippen LogP contribution in [0.4, 0.5) is 0 Å². The standard InChI is InChI=1S/C14H18N4O/c1-11-10-18-13(9-15-16-18)14(19)17(11)8-7-12-5-3-2-4-6-12/h2-6,10,13,15-16H,7-9H2,1H3. The lowest BCUT2D eigenvalue weighted by Gasteiger charge is -2.34. The Balaban J connectivity index is 1.70. The van der Waals surface area contributed by atoms with Crippen LogP contribution in [0, 0.1) is 0 Å². The van der Waals surface area contributed by atoms with Gasteiger partial charge in [-0.2, -0.15) is 5.53 Å². The van der Waals surface area contributed by atoms with Crippen LogP contribution >= 0.6 is 0 Å². The number of hydrogen-bond acceptors (Lipinski definition) is 4. The van der Waals surface area contributed by atoms with Crippen LogP contribution < -0.4 is 11.0 Å². The van der Waals surface area contributed by atoms with Crippen molar-refractivity contribution >= 4 is 5.91 Å². The van der Waals surface area contributed by atoms with E-state index >= 15 is 0 Å². The number of rotatable bonds is 3. The van der Waals surface area contributed by atoms with E-state index in [4.69, 9.17) is 0 Å². The summed E-state index contributed by atoms with van der Waals surface area (Å²) in [6.45, 7) is 3.35. The maximum absolute atomic E-state index is 12.4. The van der Waals surface area contributed by atoms with Gasteiger partial charge in [-0.05, 0) is 18.9 Å². The third-order valence-corrected chi connectivity index (χ3v) is 3.61. The molecule has 1 unspecified atom stereocenters. The van der Waals surface area contributed by atoms with Gasteiger partial charge in [-0.25, -0.2) is 5.43 Å². The molecule has 0 aromatic heterocycles. The van der Waals surface area contributed by atoms with Gasteiger partial charge in [0.2, 0.25) is 0 Å². The topological polar surface area (TPSA) is 47.6 Å². The minimum absolute atomic E-state index is 0.125. The van der Waals surface area contributed by atoms with Gasteiger partial charge in [0, 0.05) is 25.0 Å². The van der Waals surface area contributed by atoms with Crippen molar-refractivity contribution in [2.45, 2.75) is 19.4 Å². The Morgan fingerprint density at radius 3 is 2.89 bits per heavy atom. The van der Waals surface area contributed by atoms with Gasteiger partial charge in [-0.3, -0.25) is 9.80 Å². The van der Waals surface area contributed by atoms with E-state index in [-0.39, 0.29) is 11.9 Å². The molecule has 100 valence electrons. The van der Waals surface area contributed by atoms with E-state index < -0.39 is 0 Å². The van der Waals surface area contributed by atoms with Crippen molar-refractivity contribution in [3.63, 3.8) is 0 Å². The van der Waals surface area contributed by atoms with E-state index in [9.17, 15) is 4.79 Å². The second-order valence-electron chi connectivity index (χ2n) is 4.91. The molecule has 5 nitrogen and oxygen atoms in total. The van der Waals surface area contributed by atoms with Crippen LogP contribution in [0.1, 0.15) is 12.5 Å². The lowest BCUT2D eigenvalue weighted by atomic mass is 10.1. The summed E-state index contributed by atoms with van der Waals surface area (Å²) in [6, 6.07) is 10.1. The molecule has 1 fully saturated rings. The number of hydrazine groups is 2. The van der Waals surface area contributed by atoms with Crippen LogP contribution in [-0.4, -0.2) is 34.9 Å². The molecular weight excluding hydrogens is 240 g/mol. The molecule has 1 aromatic carbocycles. The molecule has 1 amide bonds.